The molecule has 2 heteroatoms. The first-order valence-corrected chi connectivity index (χ1v) is 4.34. The van der Waals surface area contributed by atoms with Crippen molar-refractivity contribution >= 4 is 0 Å². The van der Waals surface area contributed by atoms with Crippen LogP contribution in [0.1, 0.15) is 19.3 Å². The van der Waals surface area contributed by atoms with Crippen LogP contribution in [0.15, 0.2) is 12.7 Å². The van der Waals surface area contributed by atoms with E-state index in [1.54, 1.807) is 6.08 Å². The average Bonchev–Trinajstić information content (AvgIpc) is 2.07. The maximum atomic E-state index is 9.57. The smallest absolute Gasteiger partial charge is 0.0603 e. The maximum Gasteiger partial charge on any atom is 0.0603 e. The lowest BCUT2D eigenvalue weighted by molar-refractivity contribution is 0.0915. The second-order valence-electron chi connectivity index (χ2n) is 3.18. The zero-order valence-corrected chi connectivity index (χ0v) is 6.92. The Morgan fingerprint density at radius 3 is 2.73 bits per heavy atom. The number of hydrogen-bond donors (Lipinski definition) is 2. The van der Waals surface area contributed by atoms with Crippen molar-refractivity contribution in [2.45, 2.75) is 25.4 Å². The number of aliphatic hydroxyl groups excluding tert-OH is 1. The summed E-state index contributed by atoms with van der Waals surface area (Å²) >= 11 is 0. The van der Waals surface area contributed by atoms with E-state index in [-0.39, 0.29) is 6.10 Å². The molecule has 0 aromatic rings. The van der Waals surface area contributed by atoms with Gasteiger partial charge in [0, 0.05) is 0 Å². The molecule has 1 heterocycles. The van der Waals surface area contributed by atoms with Gasteiger partial charge in [-0.3, -0.25) is 0 Å². The minimum absolute atomic E-state index is 0.158. The zero-order chi connectivity index (χ0) is 8.10. The van der Waals surface area contributed by atoms with Gasteiger partial charge in [0.25, 0.3) is 0 Å². The predicted molar refractivity (Wildman–Crippen MR) is 46.4 cm³/mol. The van der Waals surface area contributed by atoms with E-state index >= 15 is 0 Å². The molecule has 0 radical (unpaired) electrons. The van der Waals surface area contributed by atoms with Gasteiger partial charge in [-0.15, -0.1) is 6.58 Å². The number of piperidine rings is 1. The van der Waals surface area contributed by atoms with Crippen molar-refractivity contribution in [3.63, 3.8) is 0 Å². The zero-order valence-electron chi connectivity index (χ0n) is 6.92. The fourth-order valence-electron chi connectivity index (χ4n) is 1.59. The molecule has 64 valence electrons. The Hall–Kier alpha value is -0.340. The third-order valence-electron chi connectivity index (χ3n) is 2.34. The monoisotopic (exact) mass is 155 g/mol. The normalized spacial score (nSPS) is 23.0. The highest BCUT2D eigenvalue weighted by Crippen LogP contribution is 2.18. The Labute approximate surface area is 68.3 Å². The fourth-order valence-corrected chi connectivity index (χ4v) is 1.59. The summed E-state index contributed by atoms with van der Waals surface area (Å²) in [6, 6.07) is 0. The second-order valence-corrected chi connectivity index (χ2v) is 3.18. The molecule has 0 aliphatic carbocycles. The summed E-state index contributed by atoms with van der Waals surface area (Å²) in [5, 5.41) is 12.8. The lowest BCUT2D eigenvalue weighted by atomic mass is 9.90. The van der Waals surface area contributed by atoms with E-state index in [0.29, 0.717) is 5.92 Å². The molecule has 0 aromatic heterocycles. The first-order chi connectivity index (χ1) is 5.34. The SMILES string of the molecule is C=CCC(O)C1CCNCC1. The van der Waals surface area contributed by atoms with E-state index in [2.05, 4.69) is 11.9 Å². The van der Waals surface area contributed by atoms with Crippen LogP contribution in [-0.2, 0) is 0 Å². The fraction of sp³-hybridized carbons (Fsp3) is 0.778. The largest absolute Gasteiger partial charge is 0.393 e. The average molecular weight is 155 g/mol. The molecule has 0 saturated carbocycles. The molecule has 0 bridgehead atoms. The van der Waals surface area contributed by atoms with Crippen LogP contribution in [0.4, 0.5) is 0 Å². The van der Waals surface area contributed by atoms with Gasteiger partial charge in [-0.1, -0.05) is 6.08 Å². The molecular weight excluding hydrogens is 138 g/mol. The van der Waals surface area contributed by atoms with Gasteiger partial charge in [0.15, 0.2) is 0 Å². The summed E-state index contributed by atoms with van der Waals surface area (Å²) in [5.74, 6) is 0.495. The molecule has 1 aliphatic rings. The quantitative estimate of drug-likeness (QED) is 0.594. The maximum absolute atomic E-state index is 9.57. The van der Waals surface area contributed by atoms with E-state index < -0.39 is 0 Å². The minimum Gasteiger partial charge on any atom is -0.393 e. The Morgan fingerprint density at radius 1 is 1.55 bits per heavy atom. The highest BCUT2D eigenvalue weighted by molar-refractivity contribution is 4.80. The highest BCUT2D eigenvalue weighted by Gasteiger charge is 2.19. The topological polar surface area (TPSA) is 32.3 Å². The molecule has 1 saturated heterocycles. The van der Waals surface area contributed by atoms with Crippen molar-refractivity contribution in [1.82, 2.24) is 5.32 Å². The lowest BCUT2D eigenvalue weighted by Crippen LogP contribution is -2.33. The Bertz CT molecular complexity index is 119. The summed E-state index contributed by atoms with van der Waals surface area (Å²) in [4.78, 5) is 0. The molecule has 1 atom stereocenters. The van der Waals surface area contributed by atoms with E-state index in [1.165, 1.54) is 0 Å². The van der Waals surface area contributed by atoms with Crippen molar-refractivity contribution < 1.29 is 5.11 Å². The minimum atomic E-state index is -0.158. The molecule has 2 N–H and O–H groups in total. The number of hydrogen-bond acceptors (Lipinski definition) is 2. The standard InChI is InChI=1S/C9H17NO/c1-2-3-9(11)8-4-6-10-7-5-8/h2,8-11H,1,3-7H2. The summed E-state index contributed by atoms with van der Waals surface area (Å²) < 4.78 is 0. The first-order valence-electron chi connectivity index (χ1n) is 4.34. The number of nitrogens with one attached hydrogen (secondary N) is 1. The molecule has 1 aliphatic heterocycles. The Balaban J connectivity index is 2.26. The van der Waals surface area contributed by atoms with Gasteiger partial charge in [0.05, 0.1) is 6.10 Å². The first kappa shape index (κ1) is 8.75. The molecule has 1 rings (SSSR count). The van der Waals surface area contributed by atoms with Gasteiger partial charge in [0.2, 0.25) is 0 Å². The van der Waals surface area contributed by atoms with Crippen LogP contribution < -0.4 is 5.32 Å². The molecule has 11 heavy (non-hydrogen) atoms. The molecule has 2 nitrogen and oxygen atoms in total. The number of rotatable bonds is 3. The van der Waals surface area contributed by atoms with E-state index in [0.717, 1.165) is 32.4 Å². The van der Waals surface area contributed by atoms with Crippen molar-refractivity contribution in [3.05, 3.63) is 12.7 Å². The van der Waals surface area contributed by atoms with E-state index in [4.69, 9.17) is 0 Å². The third kappa shape index (κ3) is 2.64. The lowest BCUT2D eigenvalue weighted by Gasteiger charge is -2.26. The van der Waals surface area contributed by atoms with Crippen molar-refractivity contribution in [3.8, 4) is 0 Å². The Morgan fingerprint density at radius 2 is 2.18 bits per heavy atom. The van der Waals surface area contributed by atoms with Crippen molar-refractivity contribution in [1.29, 1.82) is 0 Å². The van der Waals surface area contributed by atoms with Crippen molar-refractivity contribution in [2.24, 2.45) is 5.92 Å². The van der Waals surface area contributed by atoms with Gasteiger partial charge in [0.1, 0.15) is 0 Å². The summed E-state index contributed by atoms with van der Waals surface area (Å²) in [6.45, 7) is 5.73. The van der Waals surface area contributed by atoms with E-state index in [9.17, 15) is 5.11 Å². The Kier molecular flexibility index (Phi) is 3.60. The van der Waals surface area contributed by atoms with Crippen LogP contribution in [0.5, 0.6) is 0 Å². The van der Waals surface area contributed by atoms with Gasteiger partial charge in [-0.05, 0) is 38.3 Å². The second kappa shape index (κ2) is 4.52. The van der Waals surface area contributed by atoms with Crippen LogP contribution in [0.2, 0.25) is 0 Å². The van der Waals surface area contributed by atoms with Crippen LogP contribution in [-0.4, -0.2) is 24.3 Å². The molecule has 0 spiro atoms. The molecular formula is C9H17NO. The van der Waals surface area contributed by atoms with Crippen LogP contribution in [0.25, 0.3) is 0 Å². The van der Waals surface area contributed by atoms with Gasteiger partial charge >= 0.3 is 0 Å². The van der Waals surface area contributed by atoms with Crippen molar-refractivity contribution in [2.75, 3.05) is 13.1 Å². The molecule has 0 aromatic carbocycles. The number of aliphatic hydroxyl groups is 1. The summed E-state index contributed by atoms with van der Waals surface area (Å²) in [6.07, 6.45) is 4.59. The third-order valence-corrected chi connectivity index (χ3v) is 2.34. The predicted octanol–water partition coefficient (Wildman–Crippen LogP) is 0.923. The van der Waals surface area contributed by atoms with Gasteiger partial charge in [-0.25, -0.2) is 0 Å². The van der Waals surface area contributed by atoms with Crippen LogP contribution in [0, 0.1) is 5.92 Å². The van der Waals surface area contributed by atoms with Crippen LogP contribution in [0.3, 0.4) is 0 Å². The van der Waals surface area contributed by atoms with Gasteiger partial charge in [-0.2, -0.15) is 0 Å². The van der Waals surface area contributed by atoms with Crippen LogP contribution >= 0.6 is 0 Å². The highest BCUT2D eigenvalue weighted by atomic mass is 16.3. The molecule has 0 amide bonds. The summed E-state index contributed by atoms with van der Waals surface area (Å²) in [7, 11) is 0. The molecule has 1 fully saturated rings. The van der Waals surface area contributed by atoms with E-state index in [1.807, 2.05) is 0 Å². The molecule has 1 unspecified atom stereocenters. The summed E-state index contributed by atoms with van der Waals surface area (Å²) in [5.41, 5.74) is 0. The van der Waals surface area contributed by atoms with Gasteiger partial charge < -0.3 is 10.4 Å².